The minimum atomic E-state index is -1.01. The van der Waals surface area contributed by atoms with Gasteiger partial charge in [-0.05, 0) is 156 Å². The smallest absolute Gasteiger partial charge is 0.356 e. The van der Waals surface area contributed by atoms with Crippen LogP contribution in [0.4, 0.5) is 17.1 Å². The van der Waals surface area contributed by atoms with Gasteiger partial charge < -0.3 is 30.3 Å². The minimum Gasteiger partial charge on any atom is -0.477 e. The number of rotatable bonds is 17. The van der Waals surface area contributed by atoms with E-state index in [1.54, 1.807) is 24.5 Å². The van der Waals surface area contributed by atoms with Gasteiger partial charge in [-0.2, -0.15) is 0 Å². The molecule has 0 amide bonds. The second-order valence-corrected chi connectivity index (χ2v) is 25.7. The molecular weight excluding hydrogens is 1200 g/mol. The van der Waals surface area contributed by atoms with E-state index in [4.69, 9.17) is 15.6 Å². The number of carbonyl (C=O) groups is 6. The predicted octanol–water partition coefficient (Wildman–Crippen LogP) is 8.73. The number of nitrogens with zero attached hydrogens (tertiary/aromatic N) is 12. The van der Waals surface area contributed by atoms with Crippen LogP contribution in [0.5, 0.6) is 0 Å². The van der Waals surface area contributed by atoms with Gasteiger partial charge in [0.1, 0.15) is 17.1 Å². The van der Waals surface area contributed by atoms with Crippen LogP contribution in [-0.2, 0) is 58.0 Å². The van der Waals surface area contributed by atoms with E-state index < -0.39 is 11.9 Å². The Morgan fingerprint density at radius 3 is 1.09 bits per heavy atom. The summed E-state index contributed by atoms with van der Waals surface area (Å²) in [7, 11) is 1.35. The van der Waals surface area contributed by atoms with Crippen LogP contribution in [0, 0.1) is 5.92 Å². The van der Waals surface area contributed by atoms with Crippen molar-refractivity contribution in [1.29, 1.82) is 0 Å². The molecule has 21 heteroatoms. The third kappa shape index (κ3) is 18.1. The maximum absolute atomic E-state index is 12.2. The van der Waals surface area contributed by atoms with Crippen molar-refractivity contribution in [1.82, 2.24) is 44.6 Å². The first-order valence-corrected chi connectivity index (χ1v) is 33.6. The second kappa shape index (κ2) is 31.5. The number of allylic oxidation sites excluding steroid dienone is 3. The predicted molar refractivity (Wildman–Crippen MR) is 366 cm³/mol. The number of hydrogen-bond donors (Lipinski definition) is 2. The van der Waals surface area contributed by atoms with E-state index in [1.165, 1.54) is 38.4 Å². The first-order valence-electron chi connectivity index (χ1n) is 33.6. The van der Waals surface area contributed by atoms with Crippen LogP contribution in [0.15, 0.2) is 108 Å². The van der Waals surface area contributed by atoms with Gasteiger partial charge in [0.2, 0.25) is 0 Å². The minimum absolute atomic E-state index is 0.0617. The molecule has 3 aliphatic heterocycles. The number of piperazine rings is 3. The van der Waals surface area contributed by atoms with Crippen molar-refractivity contribution in [3.8, 4) is 0 Å². The monoisotopic (exact) mass is 1290 g/mol. The molecule has 3 saturated heterocycles. The number of fused-ring (bicyclic) bond motifs is 3. The first kappa shape index (κ1) is 67.4. The number of aromatic nitrogens is 6. The highest BCUT2D eigenvalue weighted by Crippen LogP contribution is 2.34. The van der Waals surface area contributed by atoms with Crippen LogP contribution in [0.1, 0.15) is 154 Å². The van der Waals surface area contributed by atoms with E-state index in [0.717, 1.165) is 196 Å². The Kier molecular flexibility index (Phi) is 22.3. The fourth-order valence-electron chi connectivity index (χ4n) is 12.6. The van der Waals surface area contributed by atoms with Gasteiger partial charge in [0.05, 0.1) is 59.8 Å². The topological polar surface area (TPSA) is 255 Å². The van der Waals surface area contributed by atoms with Crippen molar-refractivity contribution in [2.75, 3.05) is 100 Å². The van der Waals surface area contributed by atoms with Gasteiger partial charge in [-0.3, -0.25) is 53.8 Å². The van der Waals surface area contributed by atoms with E-state index in [1.807, 2.05) is 88.1 Å². The number of ether oxygens (including phenoxy) is 1. The number of esters is 1. The average molecular weight is 1290 g/mol. The van der Waals surface area contributed by atoms with Crippen LogP contribution in [0.25, 0.3) is 18.2 Å². The summed E-state index contributed by atoms with van der Waals surface area (Å²) in [5.41, 5.74) is 21.2. The molecule has 5 aliphatic carbocycles. The molecule has 6 aromatic heterocycles. The number of carboxylic acid groups (broad SMARTS) is 1. The quantitative estimate of drug-likeness (QED) is 0.0639. The lowest BCUT2D eigenvalue weighted by Gasteiger charge is -2.36. The lowest BCUT2D eigenvalue weighted by atomic mass is 9.92. The molecule has 2 saturated carbocycles. The lowest BCUT2D eigenvalue weighted by Crippen LogP contribution is -2.46. The Bertz CT molecular complexity index is 3860. The third-order valence-corrected chi connectivity index (χ3v) is 18.7. The van der Waals surface area contributed by atoms with Crippen molar-refractivity contribution >= 4 is 70.4 Å². The molecule has 0 unspecified atom stereocenters. The molecule has 0 spiro atoms. The van der Waals surface area contributed by atoms with E-state index in [0.29, 0.717) is 49.0 Å². The molecule has 21 nitrogen and oxygen atoms in total. The summed E-state index contributed by atoms with van der Waals surface area (Å²) in [5.74, 6) is -0.0315. The molecule has 0 atom stereocenters. The molecule has 6 aromatic rings. The Hall–Kier alpha value is -9.02. The molecule has 3 N–H and O–H groups in total. The summed E-state index contributed by atoms with van der Waals surface area (Å²) in [6, 6.07) is 17.9. The average Bonchev–Trinajstić information content (AvgIpc) is 1.83. The van der Waals surface area contributed by atoms with Gasteiger partial charge >= 0.3 is 11.9 Å². The number of methoxy groups -OCH3 is 1. The summed E-state index contributed by atoms with van der Waals surface area (Å²) in [6.07, 6.45) is 26.0. The number of pyridine rings is 6. The Morgan fingerprint density at radius 2 is 0.811 bits per heavy atom. The zero-order valence-electron chi connectivity index (χ0n) is 55.2. The molecule has 0 aromatic carbocycles. The maximum atomic E-state index is 12.2. The number of ketones is 4. The zero-order valence-corrected chi connectivity index (χ0v) is 55.2. The molecule has 8 aliphatic rings. The zero-order chi connectivity index (χ0) is 66.5. The summed E-state index contributed by atoms with van der Waals surface area (Å²) in [6.45, 7) is 19.4. The molecule has 0 radical (unpaired) electrons. The van der Waals surface area contributed by atoms with E-state index in [-0.39, 0.29) is 28.8 Å². The summed E-state index contributed by atoms with van der Waals surface area (Å²) >= 11 is 0. The molecule has 5 fully saturated rings. The summed E-state index contributed by atoms with van der Waals surface area (Å²) in [5, 5.41) is 8.97. The van der Waals surface area contributed by atoms with Gasteiger partial charge in [0.15, 0.2) is 23.1 Å². The van der Waals surface area contributed by atoms with Crippen molar-refractivity contribution in [2.45, 2.75) is 117 Å². The molecule has 95 heavy (non-hydrogen) atoms. The fraction of sp³-hybridized carbons (Fsp3) is 0.432. The second-order valence-electron chi connectivity index (χ2n) is 25.7. The van der Waals surface area contributed by atoms with Crippen LogP contribution >= 0.6 is 0 Å². The van der Waals surface area contributed by atoms with Gasteiger partial charge in [0.25, 0.3) is 0 Å². The van der Waals surface area contributed by atoms with E-state index in [2.05, 4.69) is 77.5 Å². The summed E-state index contributed by atoms with van der Waals surface area (Å²) < 4.78 is 4.70. The van der Waals surface area contributed by atoms with Gasteiger partial charge in [-0.15, -0.1) is 0 Å². The van der Waals surface area contributed by atoms with Gasteiger partial charge in [-0.1, -0.05) is 39.0 Å². The molecular formula is C74H87N13O8. The highest BCUT2D eigenvalue weighted by atomic mass is 16.5. The van der Waals surface area contributed by atoms with Crippen molar-refractivity contribution in [2.24, 2.45) is 11.7 Å². The number of hydrogen-bond acceptors (Lipinski definition) is 20. The Morgan fingerprint density at radius 1 is 0.474 bits per heavy atom. The van der Waals surface area contributed by atoms with Crippen LogP contribution < -0.4 is 20.4 Å². The molecule has 9 heterocycles. The van der Waals surface area contributed by atoms with Crippen molar-refractivity contribution < 1.29 is 38.6 Å². The molecule has 496 valence electrons. The summed E-state index contributed by atoms with van der Waals surface area (Å²) in [4.78, 5) is 112. The van der Waals surface area contributed by atoms with Crippen LogP contribution in [-0.4, -0.2) is 176 Å². The van der Waals surface area contributed by atoms with E-state index >= 15 is 0 Å². The number of anilines is 3. The number of nitrogens with two attached hydrogens (primary N) is 1. The fourth-order valence-corrected chi connectivity index (χ4v) is 12.6. The van der Waals surface area contributed by atoms with E-state index in [9.17, 15) is 28.8 Å². The molecule has 0 bridgehead atoms. The van der Waals surface area contributed by atoms with Crippen molar-refractivity contribution in [3.63, 3.8) is 0 Å². The Balaban J connectivity index is 0.000000141. The number of carbonyl (C=O) groups excluding carboxylic acids is 5. The molecule has 14 rings (SSSR count). The number of Topliss-reactive ketones (excluding diaryl/α,β-unsaturated/α-hetero) is 4. The van der Waals surface area contributed by atoms with Crippen LogP contribution in [0.3, 0.4) is 0 Å². The lowest BCUT2D eigenvalue weighted by molar-refractivity contribution is -0.115. The number of aromatic carboxylic acids is 1. The number of carboxylic acids is 1. The SMILES string of the molecule is CCC1=Cc2ncc(CN3CCN(c4ccc(C(=O)CC5CC5)nc4)CC3)cc2CC1=O.CCC1=Cc2ncc(CN3CCN(c4ccc(C(=O)O)nc4)CC3)cc2CC1=O.CCC1=Cc2ncc(CN3CCN(c4ccc(C(=O)OC)nc4)CC3)cc2CC1=O.NC1CC1. The highest BCUT2D eigenvalue weighted by molar-refractivity contribution is 6.04. The standard InChI is InChI=1S/C26H30N4O2.C23H26N4O3.C22H24N4O3.C3H7N/c1-2-20-13-24-21(14-25(20)31)11-19(15-27-24)17-29-7-9-30(10-8-29)22-5-6-23(28-16-22)26(32)12-18-3-4-18;1-3-17-11-21-18(12-22(17)28)10-16(13-24-21)15-26-6-8-27(9-7-26)19-4-5-20(25-14-19)23(29)30-2;1-2-16-10-20-17(11-21(16)27)9-15(12-23-20)14-25-5-7-26(8-6-25)18-3-4-19(22(28)29)24-13-18;4-3-1-2-3/h5-6,11,13,15-16,18H,2-4,7-10,12,14,17H2,1H3;4-5,10-11,13-14H,3,6-9,12,15H2,1-2H3;3-4,9-10,12-13H,2,5-8,11,14H2,1H3,(H,28,29);3H,1-2,4H2. The van der Waals surface area contributed by atoms with Gasteiger partial charge in [0, 0.05) is 148 Å². The maximum Gasteiger partial charge on any atom is 0.356 e. The highest BCUT2D eigenvalue weighted by Gasteiger charge is 2.28. The largest absolute Gasteiger partial charge is 0.477 e. The van der Waals surface area contributed by atoms with Crippen molar-refractivity contribution in [3.05, 3.63) is 176 Å². The first-order chi connectivity index (χ1) is 46.1. The van der Waals surface area contributed by atoms with Gasteiger partial charge in [-0.25, -0.2) is 19.6 Å². The van der Waals surface area contributed by atoms with Crippen LogP contribution in [0.2, 0.25) is 0 Å². The normalized spacial score (nSPS) is 18.0. The third-order valence-electron chi connectivity index (χ3n) is 18.7. The Labute approximate surface area is 556 Å².